The third-order valence-corrected chi connectivity index (χ3v) is 3.75. The lowest BCUT2D eigenvalue weighted by atomic mass is 10.0. The first kappa shape index (κ1) is 13.9. The largest absolute Gasteiger partial charge is 0.497 e. The molecule has 0 spiro atoms. The molecule has 4 nitrogen and oxygen atoms in total. The number of methoxy groups -OCH3 is 1. The minimum absolute atomic E-state index is 0.214. The first-order valence-electron chi connectivity index (χ1n) is 7.28. The predicted molar refractivity (Wildman–Crippen MR) is 81.7 cm³/mol. The molecular weight excluding hydrogens is 264 g/mol. The van der Waals surface area contributed by atoms with Gasteiger partial charge in [-0.15, -0.1) is 0 Å². The van der Waals surface area contributed by atoms with E-state index in [1.165, 1.54) is 11.1 Å². The Bertz CT molecular complexity index is 587. The zero-order valence-corrected chi connectivity index (χ0v) is 12.2. The third kappa shape index (κ3) is 3.52. The number of rotatable bonds is 5. The fraction of sp³-hybridized carbons (Fsp3) is 0.353. The van der Waals surface area contributed by atoms with E-state index in [9.17, 15) is 0 Å². The Balaban J connectivity index is 1.54. The molecule has 1 aromatic heterocycles. The van der Waals surface area contributed by atoms with E-state index in [0.717, 1.165) is 37.4 Å². The molecule has 0 bridgehead atoms. The minimum atomic E-state index is 0.214. The van der Waals surface area contributed by atoms with Crippen LogP contribution in [0.25, 0.3) is 0 Å². The second kappa shape index (κ2) is 6.59. The Morgan fingerprint density at radius 1 is 1.29 bits per heavy atom. The van der Waals surface area contributed by atoms with Gasteiger partial charge in [0.25, 0.3) is 0 Å². The van der Waals surface area contributed by atoms with Crippen molar-refractivity contribution in [2.45, 2.75) is 25.5 Å². The Hall–Kier alpha value is -2.07. The molecule has 0 saturated heterocycles. The molecule has 0 fully saturated rings. The highest BCUT2D eigenvalue weighted by Gasteiger charge is 2.19. The molecule has 0 aliphatic carbocycles. The quantitative estimate of drug-likeness (QED) is 0.916. The van der Waals surface area contributed by atoms with Gasteiger partial charge in [0.05, 0.1) is 7.11 Å². The van der Waals surface area contributed by atoms with Crippen LogP contribution in [0.15, 0.2) is 42.7 Å². The molecule has 110 valence electrons. The van der Waals surface area contributed by atoms with E-state index in [2.05, 4.69) is 16.4 Å². The number of nitrogens with one attached hydrogen (secondary N) is 1. The van der Waals surface area contributed by atoms with Gasteiger partial charge in [-0.3, -0.25) is 4.98 Å². The molecule has 1 atom stereocenters. The van der Waals surface area contributed by atoms with Crippen LogP contribution in [0.4, 0.5) is 0 Å². The van der Waals surface area contributed by atoms with Crippen LogP contribution in [0.5, 0.6) is 11.5 Å². The lowest BCUT2D eigenvalue weighted by Gasteiger charge is -2.26. The molecule has 0 saturated carbocycles. The van der Waals surface area contributed by atoms with Crippen LogP contribution in [-0.2, 0) is 13.0 Å². The summed E-state index contributed by atoms with van der Waals surface area (Å²) in [4.78, 5) is 4.02. The molecule has 1 aromatic carbocycles. The Morgan fingerprint density at radius 3 is 2.95 bits per heavy atom. The van der Waals surface area contributed by atoms with Crippen LogP contribution >= 0.6 is 0 Å². The van der Waals surface area contributed by atoms with E-state index < -0.39 is 0 Å². The number of ether oxygens (including phenoxy) is 2. The SMILES string of the molecule is COc1ccc2c(c1)OC(CNCc1ccncc1)CC2. The minimum Gasteiger partial charge on any atom is -0.497 e. The molecule has 2 aromatic rings. The predicted octanol–water partition coefficient (Wildman–Crippen LogP) is 2.57. The van der Waals surface area contributed by atoms with Crippen molar-refractivity contribution < 1.29 is 9.47 Å². The fourth-order valence-corrected chi connectivity index (χ4v) is 2.55. The van der Waals surface area contributed by atoms with Gasteiger partial charge in [0.2, 0.25) is 0 Å². The van der Waals surface area contributed by atoms with Crippen molar-refractivity contribution in [1.29, 1.82) is 0 Å². The second-order valence-electron chi connectivity index (χ2n) is 5.24. The van der Waals surface area contributed by atoms with Crippen molar-refractivity contribution in [3.8, 4) is 11.5 Å². The lowest BCUT2D eigenvalue weighted by Crippen LogP contribution is -2.33. The van der Waals surface area contributed by atoms with Gasteiger partial charge in [0.15, 0.2) is 0 Å². The molecule has 0 radical (unpaired) electrons. The Morgan fingerprint density at radius 2 is 2.14 bits per heavy atom. The summed E-state index contributed by atoms with van der Waals surface area (Å²) in [5.41, 5.74) is 2.50. The number of benzene rings is 1. The molecule has 1 unspecified atom stereocenters. The average Bonchev–Trinajstić information content (AvgIpc) is 2.55. The number of aromatic nitrogens is 1. The van der Waals surface area contributed by atoms with Gasteiger partial charge in [0.1, 0.15) is 17.6 Å². The van der Waals surface area contributed by atoms with Crippen LogP contribution in [0.2, 0.25) is 0 Å². The highest BCUT2D eigenvalue weighted by molar-refractivity contribution is 5.42. The first-order chi connectivity index (χ1) is 10.3. The van der Waals surface area contributed by atoms with Crippen LogP contribution in [0.1, 0.15) is 17.5 Å². The number of pyridine rings is 1. The average molecular weight is 284 g/mol. The molecule has 4 heteroatoms. The normalized spacial score (nSPS) is 16.9. The van der Waals surface area contributed by atoms with Crippen LogP contribution < -0.4 is 14.8 Å². The van der Waals surface area contributed by atoms with E-state index in [-0.39, 0.29) is 6.10 Å². The summed E-state index contributed by atoms with van der Waals surface area (Å²) in [7, 11) is 1.68. The maximum absolute atomic E-state index is 6.06. The lowest BCUT2D eigenvalue weighted by molar-refractivity contribution is 0.169. The number of nitrogens with zero attached hydrogens (tertiary/aromatic N) is 1. The van der Waals surface area contributed by atoms with Crippen molar-refractivity contribution in [1.82, 2.24) is 10.3 Å². The highest BCUT2D eigenvalue weighted by Crippen LogP contribution is 2.31. The zero-order valence-electron chi connectivity index (χ0n) is 12.2. The highest BCUT2D eigenvalue weighted by atomic mass is 16.5. The number of fused-ring (bicyclic) bond motifs is 1. The summed E-state index contributed by atoms with van der Waals surface area (Å²) in [6, 6.07) is 10.1. The summed E-state index contributed by atoms with van der Waals surface area (Å²) < 4.78 is 11.3. The van der Waals surface area contributed by atoms with Crippen molar-refractivity contribution in [2.24, 2.45) is 0 Å². The smallest absolute Gasteiger partial charge is 0.126 e. The summed E-state index contributed by atoms with van der Waals surface area (Å²) >= 11 is 0. The van der Waals surface area contributed by atoms with Gasteiger partial charge in [-0.05, 0) is 42.2 Å². The standard InChI is InChI=1S/C17H20N2O2/c1-20-15-4-2-14-3-5-16(21-17(14)10-15)12-19-11-13-6-8-18-9-7-13/h2,4,6-10,16,19H,3,5,11-12H2,1H3. The first-order valence-corrected chi connectivity index (χ1v) is 7.28. The summed E-state index contributed by atoms with van der Waals surface area (Å²) in [6.45, 7) is 1.69. The summed E-state index contributed by atoms with van der Waals surface area (Å²) in [5, 5.41) is 3.45. The molecule has 0 amide bonds. The van der Waals surface area contributed by atoms with Gasteiger partial charge in [0, 0.05) is 31.5 Å². The Labute approximate surface area is 125 Å². The van der Waals surface area contributed by atoms with Crippen molar-refractivity contribution in [2.75, 3.05) is 13.7 Å². The van der Waals surface area contributed by atoms with Gasteiger partial charge in [-0.2, -0.15) is 0 Å². The molecule has 1 aliphatic heterocycles. The number of aryl methyl sites for hydroxylation is 1. The number of hydrogen-bond donors (Lipinski definition) is 1. The molecular formula is C17H20N2O2. The maximum Gasteiger partial charge on any atom is 0.126 e. The van der Waals surface area contributed by atoms with Crippen LogP contribution in [0, 0.1) is 0 Å². The molecule has 1 N–H and O–H groups in total. The van der Waals surface area contributed by atoms with E-state index in [0.29, 0.717) is 0 Å². The molecule has 3 rings (SSSR count). The summed E-state index contributed by atoms with van der Waals surface area (Å²) in [5.74, 6) is 1.80. The van der Waals surface area contributed by atoms with Crippen molar-refractivity contribution in [3.63, 3.8) is 0 Å². The zero-order chi connectivity index (χ0) is 14.5. The fourth-order valence-electron chi connectivity index (χ4n) is 2.55. The molecule has 1 aliphatic rings. The van der Waals surface area contributed by atoms with Gasteiger partial charge in [-0.25, -0.2) is 0 Å². The summed E-state index contributed by atoms with van der Waals surface area (Å²) in [6.07, 6.45) is 5.95. The third-order valence-electron chi connectivity index (χ3n) is 3.75. The molecule has 2 heterocycles. The maximum atomic E-state index is 6.06. The van der Waals surface area contributed by atoms with Crippen LogP contribution in [0.3, 0.4) is 0 Å². The van der Waals surface area contributed by atoms with Gasteiger partial charge in [-0.1, -0.05) is 6.07 Å². The number of hydrogen-bond acceptors (Lipinski definition) is 4. The van der Waals surface area contributed by atoms with Gasteiger partial charge < -0.3 is 14.8 Å². The van der Waals surface area contributed by atoms with Gasteiger partial charge >= 0.3 is 0 Å². The van der Waals surface area contributed by atoms with Crippen molar-refractivity contribution in [3.05, 3.63) is 53.9 Å². The van der Waals surface area contributed by atoms with E-state index >= 15 is 0 Å². The van der Waals surface area contributed by atoms with E-state index in [4.69, 9.17) is 9.47 Å². The topological polar surface area (TPSA) is 43.4 Å². The van der Waals surface area contributed by atoms with E-state index in [1.807, 2.05) is 36.7 Å². The second-order valence-corrected chi connectivity index (χ2v) is 5.24. The van der Waals surface area contributed by atoms with E-state index in [1.54, 1.807) is 7.11 Å². The monoisotopic (exact) mass is 284 g/mol. The molecule has 21 heavy (non-hydrogen) atoms. The van der Waals surface area contributed by atoms with Crippen molar-refractivity contribution >= 4 is 0 Å². The van der Waals surface area contributed by atoms with Crippen LogP contribution in [-0.4, -0.2) is 24.7 Å². The Kier molecular flexibility index (Phi) is 4.36.